The second-order valence-corrected chi connectivity index (χ2v) is 5.52. The monoisotopic (exact) mass is 229 g/mol. The summed E-state index contributed by atoms with van der Waals surface area (Å²) in [6.45, 7) is 5.53. The lowest BCUT2D eigenvalue weighted by Gasteiger charge is -2.23. The molecule has 2 atom stereocenters. The third kappa shape index (κ3) is 5.35. The summed E-state index contributed by atoms with van der Waals surface area (Å²) in [6, 6.07) is 0.0485. The van der Waals surface area contributed by atoms with Gasteiger partial charge < -0.3 is 15.2 Å². The summed E-state index contributed by atoms with van der Waals surface area (Å²) < 4.78 is 5.18. The fourth-order valence-corrected chi connectivity index (χ4v) is 1.94. The Morgan fingerprint density at radius 1 is 1.31 bits per heavy atom. The van der Waals surface area contributed by atoms with E-state index in [0.29, 0.717) is 6.42 Å². The van der Waals surface area contributed by atoms with Crippen LogP contribution in [0.3, 0.4) is 0 Å². The number of amides is 1. The number of aliphatic hydroxyl groups is 1. The molecule has 0 aromatic rings. The van der Waals surface area contributed by atoms with Crippen LogP contribution in [0.15, 0.2) is 0 Å². The third-order valence-corrected chi connectivity index (χ3v) is 2.62. The Morgan fingerprint density at radius 2 is 1.94 bits per heavy atom. The molecule has 1 rings (SSSR count). The number of carbonyl (C=O) groups excluding carboxylic acids is 1. The van der Waals surface area contributed by atoms with Gasteiger partial charge in [0, 0.05) is 6.04 Å². The molecule has 1 unspecified atom stereocenters. The summed E-state index contributed by atoms with van der Waals surface area (Å²) in [7, 11) is 0. The molecule has 1 amide bonds. The summed E-state index contributed by atoms with van der Waals surface area (Å²) in [6.07, 6.45) is 3.82. The molecule has 0 heterocycles. The number of nitrogens with one attached hydrogen (secondary N) is 1. The van der Waals surface area contributed by atoms with Gasteiger partial charge in [0.1, 0.15) is 5.60 Å². The lowest BCUT2D eigenvalue weighted by atomic mass is 10.1. The van der Waals surface area contributed by atoms with Crippen molar-refractivity contribution in [2.45, 2.75) is 70.6 Å². The van der Waals surface area contributed by atoms with E-state index in [2.05, 4.69) is 5.32 Å². The van der Waals surface area contributed by atoms with E-state index in [4.69, 9.17) is 4.74 Å². The highest BCUT2D eigenvalue weighted by Crippen LogP contribution is 2.18. The highest BCUT2D eigenvalue weighted by Gasteiger charge is 2.22. The van der Waals surface area contributed by atoms with Gasteiger partial charge in [-0.2, -0.15) is 0 Å². The van der Waals surface area contributed by atoms with Gasteiger partial charge in [-0.15, -0.1) is 0 Å². The average Bonchev–Trinajstić information content (AvgIpc) is 2.26. The van der Waals surface area contributed by atoms with Gasteiger partial charge in [0.15, 0.2) is 0 Å². The van der Waals surface area contributed by atoms with Gasteiger partial charge >= 0.3 is 6.09 Å². The normalized spacial score (nSPS) is 27.0. The summed E-state index contributed by atoms with van der Waals surface area (Å²) in [5.41, 5.74) is -0.465. The molecule has 0 spiro atoms. The maximum atomic E-state index is 11.5. The number of carbonyl (C=O) groups is 1. The van der Waals surface area contributed by atoms with Crippen molar-refractivity contribution >= 4 is 6.09 Å². The van der Waals surface area contributed by atoms with Crippen molar-refractivity contribution in [2.24, 2.45) is 0 Å². The van der Waals surface area contributed by atoms with Crippen molar-refractivity contribution in [1.29, 1.82) is 0 Å². The Hall–Kier alpha value is -0.770. The van der Waals surface area contributed by atoms with Gasteiger partial charge in [0.25, 0.3) is 0 Å². The first-order valence-corrected chi connectivity index (χ1v) is 6.04. The minimum atomic E-state index is -0.465. The van der Waals surface area contributed by atoms with Crippen LogP contribution in [0.2, 0.25) is 0 Å². The van der Waals surface area contributed by atoms with Gasteiger partial charge in [-0.3, -0.25) is 0 Å². The Balaban J connectivity index is 2.37. The molecular formula is C12H23NO3. The first kappa shape index (κ1) is 13.3. The quantitative estimate of drug-likeness (QED) is 0.678. The van der Waals surface area contributed by atoms with E-state index >= 15 is 0 Å². The molecule has 4 heteroatoms. The molecule has 1 saturated carbocycles. The molecule has 0 aromatic heterocycles. The number of hydrogen-bond donors (Lipinski definition) is 2. The van der Waals surface area contributed by atoms with E-state index in [1.807, 2.05) is 20.8 Å². The Labute approximate surface area is 97.4 Å². The van der Waals surface area contributed by atoms with E-state index in [0.717, 1.165) is 25.7 Å². The van der Waals surface area contributed by atoms with Gasteiger partial charge in [-0.05, 0) is 40.0 Å². The fourth-order valence-electron chi connectivity index (χ4n) is 1.94. The van der Waals surface area contributed by atoms with Gasteiger partial charge in [-0.25, -0.2) is 4.79 Å². The van der Waals surface area contributed by atoms with Crippen LogP contribution < -0.4 is 5.32 Å². The van der Waals surface area contributed by atoms with Gasteiger partial charge in [0.2, 0.25) is 0 Å². The number of alkyl carbamates (subject to hydrolysis) is 1. The summed E-state index contributed by atoms with van der Waals surface area (Å²) in [5, 5.41) is 12.4. The highest BCUT2D eigenvalue weighted by molar-refractivity contribution is 5.68. The molecule has 2 N–H and O–H groups in total. The van der Waals surface area contributed by atoms with Crippen molar-refractivity contribution in [3.05, 3.63) is 0 Å². The summed E-state index contributed by atoms with van der Waals surface area (Å²) in [4.78, 5) is 11.5. The van der Waals surface area contributed by atoms with Crippen molar-refractivity contribution < 1.29 is 14.6 Å². The second-order valence-electron chi connectivity index (χ2n) is 5.52. The van der Waals surface area contributed by atoms with Crippen LogP contribution in [0, 0.1) is 0 Å². The molecule has 0 saturated heterocycles. The molecule has 1 fully saturated rings. The molecule has 94 valence electrons. The van der Waals surface area contributed by atoms with Gasteiger partial charge in [0.05, 0.1) is 6.10 Å². The number of ether oxygens (including phenoxy) is 1. The van der Waals surface area contributed by atoms with Gasteiger partial charge in [-0.1, -0.05) is 12.8 Å². The average molecular weight is 229 g/mol. The zero-order valence-corrected chi connectivity index (χ0v) is 10.5. The molecule has 16 heavy (non-hydrogen) atoms. The van der Waals surface area contributed by atoms with Crippen molar-refractivity contribution in [2.75, 3.05) is 0 Å². The predicted molar refractivity (Wildman–Crippen MR) is 62.2 cm³/mol. The third-order valence-electron chi connectivity index (χ3n) is 2.62. The minimum absolute atomic E-state index is 0.0485. The minimum Gasteiger partial charge on any atom is -0.444 e. The number of aliphatic hydroxyl groups excluding tert-OH is 1. The largest absolute Gasteiger partial charge is 0.444 e. The predicted octanol–water partition coefficient (Wildman–Crippen LogP) is 2.20. The zero-order valence-electron chi connectivity index (χ0n) is 10.5. The van der Waals surface area contributed by atoms with Crippen LogP contribution in [0.25, 0.3) is 0 Å². The van der Waals surface area contributed by atoms with E-state index in [1.54, 1.807) is 0 Å². The standard InChI is InChI=1S/C12H23NO3/c1-12(2,3)16-11(15)13-9-6-4-5-7-10(14)8-9/h9-10,14H,4-8H2,1-3H3,(H,13,15)/t9-,10?/m1/s1. The smallest absolute Gasteiger partial charge is 0.407 e. The Kier molecular flexibility index (Phi) is 4.59. The van der Waals surface area contributed by atoms with Crippen molar-refractivity contribution in [1.82, 2.24) is 5.32 Å². The van der Waals surface area contributed by atoms with Crippen LogP contribution in [0.1, 0.15) is 52.9 Å². The SMILES string of the molecule is CC(C)(C)OC(=O)N[C@@H]1CCCCC(O)C1. The molecule has 4 nitrogen and oxygen atoms in total. The van der Waals surface area contributed by atoms with Crippen molar-refractivity contribution in [3.63, 3.8) is 0 Å². The molecular weight excluding hydrogens is 206 g/mol. The Bertz CT molecular complexity index is 235. The molecule has 1 aliphatic rings. The molecule has 0 bridgehead atoms. The summed E-state index contributed by atoms with van der Waals surface area (Å²) >= 11 is 0. The lowest BCUT2D eigenvalue weighted by Crippen LogP contribution is -2.40. The van der Waals surface area contributed by atoms with Crippen LogP contribution in [0.4, 0.5) is 4.79 Å². The van der Waals surface area contributed by atoms with E-state index in [-0.39, 0.29) is 18.2 Å². The fraction of sp³-hybridized carbons (Fsp3) is 0.917. The van der Waals surface area contributed by atoms with E-state index < -0.39 is 5.60 Å². The van der Waals surface area contributed by atoms with Crippen LogP contribution in [-0.4, -0.2) is 28.9 Å². The maximum absolute atomic E-state index is 11.5. The van der Waals surface area contributed by atoms with Crippen LogP contribution in [-0.2, 0) is 4.74 Å². The topological polar surface area (TPSA) is 58.6 Å². The first-order valence-electron chi connectivity index (χ1n) is 6.04. The first-order chi connectivity index (χ1) is 7.37. The van der Waals surface area contributed by atoms with Crippen LogP contribution >= 0.6 is 0 Å². The van der Waals surface area contributed by atoms with E-state index in [9.17, 15) is 9.90 Å². The highest BCUT2D eigenvalue weighted by atomic mass is 16.6. The second kappa shape index (κ2) is 5.53. The van der Waals surface area contributed by atoms with Crippen LogP contribution in [0.5, 0.6) is 0 Å². The molecule has 1 aliphatic carbocycles. The lowest BCUT2D eigenvalue weighted by molar-refractivity contribution is 0.0485. The molecule has 0 aromatic carbocycles. The number of rotatable bonds is 1. The number of hydrogen-bond acceptors (Lipinski definition) is 3. The Morgan fingerprint density at radius 3 is 2.56 bits per heavy atom. The molecule has 0 aliphatic heterocycles. The summed E-state index contributed by atoms with van der Waals surface area (Å²) in [5.74, 6) is 0. The zero-order chi connectivity index (χ0) is 12.2. The van der Waals surface area contributed by atoms with Crippen molar-refractivity contribution in [3.8, 4) is 0 Å². The maximum Gasteiger partial charge on any atom is 0.407 e. The molecule has 0 radical (unpaired) electrons. The van der Waals surface area contributed by atoms with E-state index in [1.165, 1.54) is 0 Å².